The second-order valence-corrected chi connectivity index (χ2v) is 9.44. The van der Waals surface area contributed by atoms with Gasteiger partial charge in [-0.3, -0.25) is 4.98 Å². The van der Waals surface area contributed by atoms with Crippen LogP contribution >= 0.6 is 11.6 Å². The van der Waals surface area contributed by atoms with Gasteiger partial charge in [-0.05, 0) is 44.9 Å². The first-order valence-electron chi connectivity index (χ1n) is 10.7. The fourth-order valence-corrected chi connectivity index (χ4v) is 4.68. The largest absolute Gasteiger partial charge is 0.386 e. The van der Waals surface area contributed by atoms with Gasteiger partial charge in [-0.2, -0.15) is 0 Å². The van der Waals surface area contributed by atoms with Gasteiger partial charge in [0.15, 0.2) is 6.29 Å². The number of nitrogens with one attached hydrogen (secondary N) is 1. The Bertz CT molecular complexity index is 1240. The van der Waals surface area contributed by atoms with E-state index in [2.05, 4.69) is 20.3 Å². The lowest BCUT2D eigenvalue weighted by Crippen LogP contribution is -2.48. The number of hydrogen-bond acceptors (Lipinski definition) is 8. The van der Waals surface area contributed by atoms with Gasteiger partial charge in [-0.1, -0.05) is 11.6 Å². The molecule has 0 saturated carbocycles. The smallest absolute Gasteiger partial charge is 0.223 e. The molecule has 2 fully saturated rings. The van der Waals surface area contributed by atoms with Crippen molar-refractivity contribution in [1.29, 1.82) is 0 Å². The number of aryl methyl sites for hydroxylation is 1. The Morgan fingerprint density at radius 1 is 1.24 bits per heavy atom. The number of rotatable bonds is 4. The van der Waals surface area contributed by atoms with Gasteiger partial charge >= 0.3 is 0 Å². The fraction of sp³-hybridized carbons (Fsp3) is 0.435. The predicted molar refractivity (Wildman–Crippen MR) is 120 cm³/mol. The van der Waals surface area contributed by atoms with Gasteiger partial charge in [0, 0.05) is 22.7 Å². The summed E-state index contributed by atoms with van der Waals surface area (Å²) in [6.45, 7) is 5.57. The third-order valence-electron chi connectivity index (χ3n) is 6.17. The first-order chi connectivity index (χ1) is 15.6. The van der Waals surface area contributed by atoms with Gasteiger partial charge in [0.05, 0.1) is 41.3 Å². The monoisotopic (exact) mass is 474 g/mol. The molecule has 174 valence electrons. The number of benzene rings is 1. The van der Waals surface area contributed by atoms with E-state index in [-0.39, 0.29) is 28.6 Å². The van der Waals surface area contributed by atoms with Crippen molar-refractivity contribution in [2.45, 2.75) is 57.3 Å². The van der Waals surface area contributed by atoms with Crippen LogP contribution < -0.4 is 5.32 Å². The molecule has 0 aliphatic carbocycles. The fourth-order valence-electron chi connectivity index (χ4n) is 4.48. The molecule has 4 heterocycles. The standard InChI is InChI=1S/C23H24ClFN4O4/c1-10-13-4-11(5-16(25)19(13)26-7-14(10)23(2,3)31)18-15(24)8-27-22(29-18)28-17-6-12-9-32-21(33-12)20(17)30/h4-5,7-8,12,17,20-21,30-31H,6,9H2,1-3H3,(H,27,28,29)/t12-,17+,20-,21+/m0/s1. The Balaban J connectivity index is 1.53. The van der Waals surface area contributed by atoms with Crippen molar-refractivity contribution < 1.29 is 24.1 Å². The molecular formula is C23H24ClFN4O4. The Labute approximate surface area is 194 Å². The quantitative estimate of drug-likeness (QED) is 0.528. The van der Waals surface area contributed by atoms with Gasteiger partial charge in [0.25, 0.3) is 0 Å². The average Bonchev–Trinajstić information content (AvgIpc) is 3.16. The topological polar surface area (TPSA) is 110 Å². The molecule has 2 saturated heterocycles. The summed E-state index contributed by atoms with van der Waals surface area (Å²) in [5.74, 6) is -0.272. The molecule has 33 heavy (non-hydrogen) atoms. The van der Waals surface area contributed by atoms with Crippen LogP contribution in [0.2, 0.25) is 5.02 Å². The summed E-state index contributed by atoms with van der Waals surface area (Å²) in [5.41, 5.74) is 1.18. The van der Waals surface area contributed by atoms with Crippen molar-refractivity contribution in [2.75, 3.05) is 11.9 Å². The average molecular weight is 475 g/mol. The molecule has 0 amide bonds. The summed E-state index contributed by atoms with van der Waals surface area (Å²) < 4.78 is 26.0. The Morgan fingerprint density at radius 3 is 2.79 bits per heavy atom. The highest BCUT2D eigenvalue weighted by Gasteiger charge is 2.43. The van der Waals surface area contributed by atoms with E-state index in [9.17, 15) is 10.2 Å². The molecular weight excluding hydrogens is 451 g/mol. The molecule has 3 N–H and O–H groups in total. The number of aromatic nitrogens is 3. The first-order valence-corrected chi connectivity index (χ1v) is 11.1. The summed E-state index contributed by atoms with van der Waals surface area (Å²) in [5, 5.41) is 24.9. The second kappa shape index (κ2) is 8.11. The number of halogens is 2. The van der Waals surface area contributed by atoms with Crippen LogP contribution in [0.4, 0.5) is 10.3 Å². The molecule has 2 bridgehead atoms. The lowest BCUT2D eigenvalue weighted by Gasteiger charge is -2.32. The third kappa shape index (κ3) is 4.04. The van der Waals surface area contributed by atoms with E-state index in [4.69, 9.17) is 21.1 Å². The second-order valence-electron chi connectivity index (χ2n) is 9.04. The zero-order valence-corrected chi connectivity index (χ0v) is 19.1. The molecule has 2 aromatic heterocycles. The zero-order valence-electron chi connectivity index (χ0n) is 18.3. The Morgan fingerprint density at radius 2 is 2.03 bits per heavy atom. The van der Waals surface area contributed by atoms with Crippen LogP contribution in [0.5, 0.6) is 0 Å². The summed E-state index contributed by atoms with van der Waals surface area (Å²) in [6, 6.07) is 2.72. The summed E-state index contributed by atoms with van der Waals surface area (Å²) >= 11 is 6.39. The summed E-state index contributed by atoms with van der Waals surface area (Å²) in [6.07, 6.45) is 1.81. The lowest BCUT2D eigenvalue weighted by molar-refractivity contribution is -0.156. The van der Waals surface area contributed by atoms with Crippen LogP contribution in [0.25, 0.3) is 22.2 Å². The van der Waals surface area contributed by atoms with Crippen molar-refractivity contribution in [2.24, 2.45) is 0 Å². The van der Waals surface area contributed by atoms with E-state index in [0.717, 1.165) is 5.56 Å². The minimum Gasteiger partial charge on any atom is -0.386 e. The maximum absolute atomic E-state index is 15.0. The number of anilines is 1. The molecule has 0 spiro atoms. The normalized spacial score (nSPS) is 24.9. The van der Waals surface area contributed by atoms with Gasteiger partial charge in [-0.25, -0.2) is 14.4 Å². The number of fused-ring (bicyclic) bond motifs is 3. The maximum Gasteiger partial charge on any atom is 0.223 e. The van der Waals surface area contributed by atoms with Crippen molar-refractivity contribution in [3.8, 4) is 11.3 Å². The van der Waals surface area contributed by atoms with Crippen molar-refractivity contribution in [1.82, 2.24) is 15.0 Å². The van der Waals surface area contributed by atoms with E-state index in [1.165, 1.54) is 18.5 Å². The molecule has 2 aliphatic heterocycles. The Kier molecular flexibility index (Phi) is 5.49. The van der Waals surface area contributed by atoms with Crippen molar-refractivity contribution in [3.05, 3.63) is 46.5 Å². The number of aliphatic hydroxyl groups excluding tert-OH is 1. The van der Waals surface area contributed by atoms with E-state index in [1.807, 2.05) is 6.92 Å². The highest BCUT2D eigenvalue weighted by atomic mass is 35.5. The van der Waals surface area contributed by atoms with Gasteiger partial charge in [0.1, 0.15) is 17.4 Å². The van der Waals surface area contributed by atoms with E-state index in [0.29, 0.717) is 35.2 Å². The molecule has 1 aromatic carbocycles. The minimum atomic E-state index is -1.13. The van der Waals surface area contributed by atoms with Crippen molar-refractivity contribution >= 4 is 28.5 Å². The summed E-state index contributed by atoms with van der Waals surface area (Å²) in [4.78, 5) is 13.0. The number of ether oxygens (including phenoxy) is 2. The number of nitrogens with zero attached hydrogens (tertiary/aromatic N) is 3. The van der Waals surface area contributed by atoms with Crippen LogP contribution in [-0.4, -0.2) is 56.3 Å². The molecule has 0 unspecified atom stereocenters. The number of pyridine rings is 1. The predicted octanol–water partition coefficient (Wildman–Crippen LogP) is 3.31. The summed E-state index contributed by atoms with van der Waals surface area (Å²) in [7, 11) is 0. The molecule has 5 rings (SSSR count). The van der Waals surface area contributed by atoms with Gasteiger partial charge < -0.3 is 25.0 Å². The minimum absolute atomic E-state index is 0.0994. The van der Waals surface area contributed by atoms with Crippen LogP contribution in [-0.2, 0) is 15.1 Å². The molecule has 4 atom stereocenters. The lowest BCUT2D eigenvalue weighted by atomic mass is 9.92. The van der Waals surface area contributed by atoms with E-state index >= 15 is 4.39 Å². The molecule has 2 aliphatic rings. The molecule has 8 nitrogen and oxygen atoms in total. The number of aliphatic hydroxyl groups is 2. The van der Waals surface area contributed by atoms with Crippen LogP contribution in [0.15, 0.2) is 24.5 Å². The van der Waals surface area contributed by atoms with E-state index in [1.54, 1.807) is 19.9 Å². The van der Waals surface area contributed by atoms with Crippen LogP contribution in [0.1, 0.15) is 31.4 Å². The van der Waals surface area contributed by atoms with Crippen LogP contribution in [0, 0.1) is 12.7 Å². The van der Waals surface area contributed by atoms with E-state index < -0.39 is 23.8 Å². The SMILES string of the molecule is Cc1c(C(C)(C)O)cnc2c(F)cc(-c3nc(N[C@@H]4C[C@H]5CO[C@H](O5)[C@H]4O)ncc3Cl)cc12. The molecule has 0 radical (unpaired) electrons. The van der Waals surface area contributed by atoms with Gasteiger partial charge in [0.2, 0.25) is 5.95 Å². The van der Waals surface area contributed by atoms with Crippen molar-refractivity contribution in [3.63, 3.8) is 0 Å². The highest BCUT2D eigenvalue weighted by molar-refractivity contribution is 6.33. The molecule has 10 heteroatoms. The zero-order chi connectivity index (χ0) is 23.5. The third-order valence-corrected chi connectivity index (χ3v) is 6.44. The number of hydrogen-bond donors (Lipinski definition) is 3. The van der Waals surface area contributed by atoms with Gasteiger partial charge in [-0.15, -0.1) is 0 Å². The molecule has 3 aromatic rings. The Hall–Kier alpha value is -2.43. The first kappa shape index (κ1) is 22.4. The van der Waals surface area contributed by atoms with Crippen LogP contribution in [0.3, 0.4) is 0 Å². The highest BCUT2D eigenvalue weighted by Crippen LogP contribution is 2.35. The maximum atomic E-state index is 15.0.